The molecule has 0 radical (unpaired) electrons. The minimum absolute atomic E-state index is 0.859. The van der Waals surface area contributed by atoms with Crippen LogP contribution in [-0.4, -0.2) is 36.0 Å². The van der Waals surface area contributed by atoms with Gasteiger partial charge in [-0.1, -0.05) is 60.7 Å². The van der Waals surface area contributed by atoms with Gasteiger partial charge in [0.1, 0.15) is 0 Å². The van der Waals surface area contributed by atoms with Gasteiger partial charge in [-0.05, 0) is 71.8 Å². The van der Waals surface area contributed by atoms with Crippen molar-refractivity contribution in [3.05, 3.63) is 83.4 Å². The van der Waals surface area contributed by atoms with E-state index in [2.05, 4.69) is 76.5 Å². The van der Waals surface area contributed by atoms with E-state index >= 15 is 0 Å². The van der Waals surface area contributed by atoms with Crippen LogP contribution in [0.3, 0.4) is 0 Å². The molecule has 0 aromatic heterocycles. The van der Waals surface area contributed by atoms with E-state index < -0.39 is 0 Å². The molecule has 0 unspecified atom stereocenters. The molecular weight excluding hydrogens is 340 g/mol. The molecule has 2 aliphatic heterocycles. The molecule has 2 heterocycles. The number of hydrogen-bond donors (Lipinski definition) is 0. The van der Waals surface area contributed by atoms with Crippen molar-refractivity contribution in [3.8, 4) is 0 Å². The number of likely N-dealkylation sites (tertiary alicyclic amines) is 1. The summed E-state index contributed by atoms with van der Waals surface area (Å²) in [4.78, 5) is 5.33. The lowest BCUT2D eigenvalue weighted by atomic mass is 9.93. The maximum atomic E-state index is 2.69. The maximum Gasteiger partial charge on any atom is 0.0236 e. The van der Waals surface area contributed by atoms with Gasteiger partial charge in [0, 0.05) is 26.2 Å². The Bertz CT molecular complexity index is 940. The molecule has 0 spiro atoms. The first-order chi connectivity index (χ1) is 13.8. The molecule has 2 nitrogen and oxygen atoms in total. The van der Waals surface area contributed by atoms with E-state index in [1.807, 2.05) is 0 Å². The Morgan fingerprint density at radius 1 is 0.714 bits per heavy atom. The molecule has 2 heteroatoms. The normalized spacial score (nSPS) is 19.0. The third-order valence-corrected chi connectivity index (χ3v) is 6.65. The van der Waals surface area contributed by atoms with Crippen LogP contribution in [-0.2, 0) is 19.5 Å². The molecule has 0 saturated carbocycles. The zero-order valence-electron chi connectivity index (χ0n) is 16.7. The molecule has 1 fully saturated rings. The van der Waals surface area contributed by atoms with Crippen LogP contribution in [0.1, 0.15) is 29.5 Å². The first kappa shape index (κ1) is 17.9. The van der Waals surface area contributed by atoms with Gasteiger partial charge >= 0.3 is 0 Å². The molecule has 2 aliphatic rings. The van der Waals surface area contributed by atoms with Crippen LogP contribution in [0.2, 0.25) is 0 Å². The van der Waals surface area contributed by atoms with Gasteiger partial charge < -0.3 is 0 Å². The summed E-state index contributed by atoms with van der Waals surface area (Å²) in [7, 11) is 0. The van der Waals surface area contributed by atoms with E-state index in [9.17, 15) is 0 Å². The molecule has 28 heavy (non-hydrogen) atoms. The average molecular weight is 371 g/mol. The second kappa shape index (κ2) is 8.06. The summed E-state index contributed by atoms with van der Waals surface area (Å²) in [5, 5.41) is 2.70. The zero-order valence-corrected chi connectivity index (χ0v) is 16.7. The van der Waals surface area contributed by atoms with Crippen molar-refractivity contribution in [1.29, 1.82) is 0 Å². The molecule has 0 aliphatic carbocycles. The van der Waals surface area contributed by atoms with E-state index in [1.165, 1.54) is 61.8 Å². The number of fused-ring (bicyclic) bond motifs is 2. The van der Waals surface area contributed by atoms with Crippen LogP contribution in [0.25, 0.3) is 10.8 Å². The van der Waals surface area contributed by atoms with E-state index in [0.717, 1.165) is 19.0 Å². The van der Waals surface area contributed by atoms with Crippen molar-refractivity contribution in [3.63, 3.8) is 0 Å². The van der Waals surface area contributed by atoms with Gasteiger partial charge in [-0.3, -0.25) is 9.80 Å². The number of benzene rings is 3. The van der Waals surface area contributed by atoms with Crippen molar-refractivity contribution in [2.45, 2.75) is 32.4 Å². The second-order valence-electron chi connectivity index (χ2n) is 8.65. The Balaban J connectivity index is 1.13. The molecule has 0 N–H and O–H groups in total. The van der Waals surface area contributed by atoms with Crippen LogP contribution in [0.5, 0.6) is 0 Å². The van der Waals surface area contributed by atoms with Gasteiger partial charge in [0.05, 0.1) is 0 Å². The summed E-state index contributed by atoms with van der Waals surface area (Å²) in [5.74, 6) is 0.859. The second-order valence-corrected chi connectivity index (χ2v) is 8.65. The third-order valence-electron chi connectivity index (χ3n) is 6.65. The largest absolute Gasteiger partial charge is 0.299 e. The highest BCUT2D eigenvalue weighted by molar-refractivity contribution is 5.82. The Morgan fingerprint density at radius 3 is 2.32 bits per heavy atom. The van der Waals surface area contributed by atoms with E-state index in [0.29, 0.717) is 0 Å². The fourth-order valence-corrected chi connectivity index (χ4v) is 5.00. The third kappa shape index (κ3) is 3.99. The number of nitrogens with zero attached hydrogens (tertiary/aromatic N) is 2. The van der Waals surface area contributed by atoms with Crippen molar-refractivity contribution in [1.82, 2.24) is 9.80 Å². The van der Waals surface area contributed by atoms with Gasteiger partial charge in [-0.15, -0.1) is 0 Å². The van der Waals surface area contributed by atoms with Crippen molar-refractivity contribution in [2.75, 3.05) is 26.2 Å². The number of piperidine rings is 1. The summed E-state index contributed by atoms with van der Waals surface area (Å²) in [5.41, 5.74) is 4.55. The lowest BCUT2D eigenvalue weighted by Crippen LogP contribution is -2.40. The van der Waals surface area contributed by atoms with Gasteiger partial charge in [0.25, 0.3) is 0 Å². The standard InChI is InChI=1S/C26H30N2/c1-3-7-25-17-22(9-10-23(25)5-1)19-27-14-11-21(12-15-27)18-28-16-13-24-6-2-4-8-26(24)20-28/h1-10,17,21H,11-16,18-20H2. The smallest absolute Gasteiger partial charge is 0.0236 e. The summed E-state index contributed by atoms with van der Waals surface area (Å²) in [6, 6.07) is 24.6. The van der Waals surface area contributed by atoms with Crippen LogP contribution >= 0.6 is 0 Å². The first-order valence-electron chi connectivity index (χ1n) is 10.8. The Hall–Kier alpha value is -2.16. The molecule has 1 saturated heterocycles. The fraction of sp³-hybridized carbons (Fsp3) is 0.385. The molecule has 0 amide bonds. The maximum absolute atomic E-state index is 2.69. The van der Waals surface area contributed by atoms with Crippen molar-refractivity contribution < 1.29 is 0 Å². The van der Waals surface area contributed by atoms with Crippen LogP contribution in [0, 0.1) is 5.92 Å². The van der Waals surface area contributed by atoms with Crippen molar-refractivity contribution >= 4 is 10.8 Å². The highest BCUT2D eigenvalue weighted by Crippen LogP contribution is 2.25. The molecule has 3 aromatic carbocycles. The SMILES string of the molecule is c1ccc2c(c1)CCN(CC1CCN(Cc3ccc4ccccc4c3)CC1)C2. The summed E-state index contributed by atoms with van der Waals surface area (Å²) >= 11 is 0. The van der Waals surface area contributed by atoms with Crippen molar-refractivity contribution in [2.24, 2.45) is 5.92 Å². The van der Waals surface area contributed by atoms with Gasteiger partial charge in [-0.25, -0.2) is 0 Å². The minimum Gasteiger partial charge on any atom is -0.299 e. The van der Waals surface area contributed by atoms with Gasteiger partial charge in [0.2, 0.25) is 0 Å². The fourth-order valence-electron chi connectivity index (χ4n) is 5.00. The van der Waals surface area contributed by atoms with Gasteiger partial charge in [-0.2, -0.15) is 0 Å². The van der Waals surface area contributed by atoms with Crippen LogP contribution < -0.4 is 0 Å². The number of hydrogen-bond acceptors (Lipinski definition) is 2. The predicted octanol–water partition coefficient (Wildman–Crippen LogP) is 5.11. The highest BCUT2D eigenvalue weighted by atomic mass is 15.1. The first-order valence-corrected chi connectivity index (χ1v) is 10.8. The van der Waals surface area contributed by atoms with Crippen LogP contribution in [0.4, 0.5) is 0 Å². The minimum atomic E-state index is 0.859. The Morgan fingerprint density at radius 2 is 1.46 bits per heavy atom. The molecule has 5 rings (SSSR count). The molecular formula is C26H30N2. The van der Waals surface area contributed by atoms with Gasteiger partial charge in [0.15, 0.2) is 0 Å². The molecule has 3 aromatic rings. The topological polar surface area (TPSA) is 6.48 Å². The van der Waals surface area contributed by atoms with Crippen LogP contribution in [0.15, 0.2) is 66.7 Å². The Labute approximate surface area is 168 Å². The molecule has 144 valence electrons. The summed E-state index contributed by atoms with van der Waals surface area (Å²) < 4.78 is 0. The van der Waals surface area contributed by atoms with E-state index in [1.54, 1.807) is 11.1 Å². The highest BCUT2D eigenvalue weighted by Gasteiger charge is 2.23. The zero-order chi connectivity index (χ0) is 18.8. The average Bonchev–Trinajstić information content (AvgIpc) is 2.75. The lowest BCUT2D eigenvalue weighted by Gasteiger charge is -2.36. The summed E-state index contributed by atoms with van der Waals surface area (Å²) in [6.07, 6.45) is 3.90. The molecule has 0 atom stereocenters. The number of rotatable bonds is 4. The lowest BCUT2D eigenvalue weighted by molar-refractivity contribution is 0.132. The summed E-state index contributed by atoms with van der Waals surface area (Å²) in [6.45, 7) is 7.22. The molecule has 0 bridgehead atoms. The predicted molar refractivity (Wildman–Crippen MR) is 117 cm³/mol. The van der Waals surface area contributed by atoms with E-state index in [-0.39, 0.29) is 0 Å². The monoisotopic (exact) mass is 370 g/mol. The quantitative estimate of drug-likeness (QED) is 0.630. The van der Waals surface area contributed by atoms with E-state index in [4.69, 9.17) is 0 Å². The Kier molecular flexibility index (Phi) is 5.16.